The third-order valence-corrected chi connectivity index (χ3v) is 3.88. The van der Waals surface area contributed by atoms with Crippen LogP contribution in [0.4, 0.5) is 0 Å². The molecule has 2 aromatic heterocycles. The van der Waals surface area contributed by atoms with Gasteiger partial charge in [0.25, 0.3) is 0 Å². The Labute approximate surface area is 127 Å². The van der Waals surface area contributed by atoms with Crippen LogP contribution in [0.3, 0.4) is 0 Å². The van der Waals surface area contributed by atoms with Gasteiger partial charge in [-0.25, -0.2) is 0 Å². The first-order valence-corrected chi connectivity index (χ1v) is 7.91. The molecule has 0 bridgehead atoms. The predicted molar refractivity (Wildman–Crippen MR) is 85.0 cm³/mol. The molecule has 0 amide bonds. The first-order valence-electron chi connectivity index (χ1n) is 7.91. The van der Waals surface area contributed by atoms with E-state index in [1.165, 1.54) is 11.3 Å². The molecular formula is C16H27N5. The van der Waals surface area contributed by atoms with Crippen LogP contribution in [0, 0.1) is 6.92 Å². The van der Waals surface area contributed by atoms with Gasteiger partial charge in [-0.3, -0.25) is 9.36 Å². The van der Waals surface area contributed by atoms with Crippen molar-refractivity contribution in [2.45, 2.75) is 66.2 Å². The Balaban J connectivity index is 1.91. The maximum atomic E-state index is 4.53. The fourth-order valence-corrected chi connectivity index (χ4v) is 2.45. The van der Waals surface area contributed by atoms with Gasteiger partial charge in [-0.15, -0.1) is 0 Å². The third kappa shape index (κ3) is 3.94. The number of aryl methyl sites for hydroxylation is 2. The van der Waals surface area contributed by atoms with Gasteiger partial charge in [-0.05, 0) is 32.8 Å². The van der Waals surface area contributed by atoms with E-state index in [1.807, 2.05) is 10.9 Å². The van der Waals surface area contributed by atoms with Crippen LogP contribution in [0.1, 0.15) is 56.6 Å². The third-order valence-electron chi connectivity index (χ3n) is 3.88. The highest BCUT2D eigenvalue weighted by atomic mass is 15.3. The van der Waals surface area contributed by atoms with Crippen LogP contribution < -0.4 is 5.32 Å². The van der Waals surface area contributed by atoms with Crippen LogP contribution in [-0.4, -0.2) is 19.6 Å². The largest absolute Gasteiger partial charge is 0.307 e. The Morgan fingerprint density at radius 3 is 2.81 bits per heavy atom. The molecule has 0 saturated carbocycles. The Morgan fingerprint density at radius 1 is 1.29 bits per heavy atom. The monoisotopic (exact) mass is 289 g/mol. The summed E-state index contributed by atoms with van der Waals surface area (Å²) in [6, 6.07) is 2.54. The minimum Gasteiger partial charge on any atom is -0.307 e. The molecule has 1 atom stereocenters. The molecule has 0 aromatic carbocycles. The molecule has 0 spiro atoms. The van der Waals surface area contributed by atoms with Gasteiger partial charge >= 0.3 is 0 Å². The zero-order valence-corrected chi connectivity index (χ0v) is 13.6. The summed E-state index contributed by atoms with van der Waals surface area (Å²) in [6.07, 6.45) is 6.24. The van der Waals surface area contributed by atoms with Gasteiger partial charge in [-0.2, -0.15) is 10.2 Å². The van der Waals surface area contributed by atoms with Crippen molar-refractivity contribution in [1.29, 1.82) is 0 Å². The number of nitrogens with one attached hydrogen (secondary N) is 1. The second kappa shape index (κ2) is 7.41. The van der Waals surface area contributed by atoms with E-state index in [4.69, 9.17) is 0 Å². The summed E-state index contributed by atoms with van der Waals surface area (Å²) in [5, 5.41) is 12.5. The molecule has 5 heteroatoms. The van der Waals surface area contributed by atoms with Gasteiger partial charge in [-0.1, -0.05) is 13.8 Å². The summed E-state index contributed by atoms with van der Waals surface area (Å²) >= 11 is 0. The Bertz CT molecular complexity index is 555. The van der Waals surface area contributed by atoms with Gasteiger partial charge in [0.2, 0.25) is 0 Å². The van der Waals surface area contributed by atoms with Crippen molar-refractivity contribution < 1.29 is 0 Å². The fraction of sp³-hybridized carbons (Fsp3) is 0.625. The zero-order valence-electron chi connectivity index (χ0n) is 13.6. The minimum atomic E-state index is 0.450. The number of nitrogens with zero attached hydrogens (tertiary/aromatic N) is 4. The van der Waals surface area contributed by atoms with Gasteiger partial charge in [0, 0.05) is 43.6 Å². The van der Waals surface area contributed by atoms with E-state index in [0.717, 1.165) is 38.2 Å². The van der Waals surface area contributed by atoms with E-state index in [1.54, 1.807) is 0 Å². The van der Waals surface area contributed by atoms with Crippen molar-refractivity contribution in [2.75, 3.05) is 0 Å². The first-order chi connectivity index (χ1) is 10.2. The standard InChI is InChI=1S/C16H27N5/c1-5-9-20-12-15(14(4)19-20)10-17-11-16-7-8-18-21(16)13(3)6-2/h7-8,12-13,17H,5-6,9-11H2,1-4H3/t13-/m1/s1. The quantitative estimate of drug-likeness (QED) is 0.812. The maximum absolute atomic E-state index is 4.53. The fourth-order valence-electron chi connectivity index (χ4n) is 2.45. The molecule has 116 valence electrons. The lowest BCUT2D eigenvalue weighted by atomic mass is 10.2. The predicted octanol–water partition coefficient (Wildman–Crippen LogP) is 3.06. The van der Waals surface area contributed by atoms with E-state index in [-0.39, 0.29) is 0 Å². The summed E-state index contributed by atoms with van der Waals surface area (Å²) in [5.74, 6) is 0. The molecule has 0 fully saturated rings. The molecule has 0 unspecified atom stereocenters. The van der Waals surface area contributed by atoms with E-state index >= 15 is 0 Å². The van der Waals surface area contributed by atoms with E-state index < -0.39 is 0 Å². The Morgan fingerprint density at radius 2 is 2.10 bits per heavy atom. The van der Waals surface area contributed by atoms with Gasteiger partial charge in [0.1, 0.15) is 0 Å². The van der Waals surface area contributed by atoms with E-state index in [2.05, 4.69) is 60.2 Å². The molecule has 0 saturated heterocycles. The van der Waals surface area contributed by atoms with Crippen LogP contribution in [-0.2, 0) is 19.6 Å². The van der Waals surface area contributed by atoms with Crippen molar-refractivity contribution >= 4 is 0 Å². The lowest BCUT2D eigenvalue weighted by molar-refractivity contribution is 0.451. The Kier molecular flexibility index (Phi) is 5.56. The number of aromatic nitrogens is 4. The lowest BCUT2D eigenvalue weighted by Gasteiger charge is -2.14. The summed E-state index contributed by atoms with van der Waals surface area (Å²) < 4.78 is 4.15. The van der Waals surface area contributed by atoms with Crippen molar-refractivity contribution in [1.82, 2.24) is 24.9 Å². The van der Waals surface area contributed by atoms with Crippen molar-refractivity contribution in [2.24, 2.45) is 0 Å². The molecule has 5 nitrogen and oxygen atoms in total. The summed E-state index contributed by atoms with van der Waals surface area (Å²) in [5.41, 5.74) is 3.63. The summed E-state index contributed by atoms with van der Waals surface area (Å²) in [4.78, 5) is 0. The number of hydrogen-bond donors (Lipinski definition) is 1. The smallest absolute Gasteiger partial charge is 0.0638 e. The normalized spacial score (nSPS) is 12.8. The molecule has 2 rings (SSSR count). The highest BCUT2D eigenvalue weighted by molar-refractivity contribution is 5.15. The van der Waals surface area contributed by atoms with Crippen molar-refractivity contribution in [3.63, 3.8) is 0 Å². The van der Waals surface area contributed by atoms with Crippen LogP contribution in [0.25, 0.3) is 0 Å². The average molecular weight is 289 g/mol. The SMILES string of the molecule is CCCn1cc(CNCc2ccnn2[C@H](C)CC)c(C)n1. The van der Waals surface area contributed by atoms with Gasteiger partial charge in [0.15, 0.2) is 0 Å². The number of hydrogen-bond acceptors (Lipinski definition) is 3. The van der Waals surface area contributed by atoms with E-state index in [0.29, 0.717) is 6.04 Å². The van der Waals surface area contributed by atoms with Crippen LogP contribution in [0.15, 0.2) is 18.5 Å². The van der Waals surface area contributed by atoms with Crippen LogP contribution in [0.2, 0.25) is 0 Å². The second-order valence-electron chi connectivity index (χ2n) is 5.63. The molecule has 0 aliphatic rings. The molecule has 0 radical (unpaired) electrons. The maximum Gasteiger partial charge on any atom is 0.0638 e. The van der Waals surface area contributed by atoms with Crippen molar-refractivity contribution in [3.8, 4) is 0 Å². The summed E-state index contributed by atoms with van der Waals surface area (Å²) in [6.45, 7) is 11.3. The zero-order chi connectivity index (χ0) is 15.2. The molecule has 21 heavy (non-hydrogen) atoms. The minimum absolute atomic E-state index is 0.450. The lowest BCUT2D eigenvalue weighted by Crippen LogP contribution is -2.18. The highest BCUT2D eigenvalue weighted by Crippen LogP contribution is 2.12. The van der Waals surface area contributed by atoms with Crippen LogP contribution >= 0.6 is 0 Å². The molecule has 0 aliphatic carbocycles. The van der Waals surface area contributed by atoms with Crippen LogP contribution in [0.5, 0.6) is 0 Å². The number of rotatable bonds is 8. The van der Waals surface area contributed by atoms with E-state index in [9.17, 15) is 0 Å². The molecule has 1 N–H and O–H groups in total. The highest BCUT2D eigenvalue weighted by Gasteiger charge is 2.09. The van der Waals surface area contributed by atoms with Gasteiger partial charge < -0.3 is 5.32 Å². The molecule has 2 aromatic rings. The molecule has 0 aliphatic heterocycles. The van der Waals surface area contributed by atoms with Gasteiger partial charge in [0.05, 0.1) is 11.4 Å². The molecular weight excluding hydrogens is 262 g/mol. The molecule has 2 heterocycles. The Hall–Kier alpha value is -1.62. The van der Waals surface area contributed by atoms with Crippen molar-refractivity contribution in [3.05, 3.63) is 35.4 Å². The second-order valence-corrected chi connectivity index (χ2v) is 5.63. The first kappa shape index (κ1) is 15.8. The average Bonchev–Trinajstić information content (AvgIpc) is 3.06. The topological polar surface area (TPSA) is 47.7 Å². The summed E-state index contributed by atoms with van der Waals surface area (Å²) in [7, 11) is 0.